The molecule has 2 rings (SSSR count). The Balaban J connectivity index is 3.01. The number of rotatable bonds is 0. The minimum atomic E-state index is -1.02. The van der Waals surface area contributed by atoms with Gasteiger partial charge in [-0.1, -0.05) is 0 Å². The predicted octanol–water partition coefficient (Wildman–Crippen LogP) is 1.78. The quantitative estimate of drug-likeness (QED) is 0.656. The van der Waals surface area contributed by atoms with Crippen LogP contribution in [0, 0.1) is 11.6 Å². The van der Waals surface area contributed by atoms with E-state index in [0.717, 1.165) is 12.1 Å². The lowest BCUT2D eigenvalue weighted by Crippen LogP contribution is -1.97. The molecule has 0 atom stereocenters. The summed E-state index contributed by atoms with van der Waals surface area (Å²) >= 11 is 0. The molecule has 0 radical (unpaired) electrons. The highest BCUT2D eigenvalue weighted by Gasteiger charge is 2.10. The van der Waals surface area contributed by atoms with Gasteiger partial charge in [0.1, 0.15) is 11.6 Å². The van der Waals surface area contributed by atoms with Crippen molar-refractivity contribution in [3.8, 4) is 5.75 Å². The van der Waals surface area contributed by atoms with Crippen LogP contribution in [0.4, 0.5) is 8.78 Å². The van der Waals surface area contributed by atoms with E-state index in [1.807, 2.05) is 0 Å². The third kappa shape index (κ3) is 1.22. The molecular weight excluding hydrogens is 194 g/mol. The summed E-state index contributed by atoms with van der Waals surface area (Å²) in [6.07, 6.45) is 0. The fraction of sp³-hybridized carbons (Fsp3) is 0. The molecule has 0 saturated carbocycles. The van der Waals surface area contributed by atoms with E-state index in [4.69, 9.17) is 0 Å². The summed E-state index contributed by atoms with van der Waals surface area (Å²) in [5.74, 6) is -2.37. The summed E-state index contributed by atoms with van der Waals surface area (Å²) in [5, 5.41) is 9.04. The van der Waals surface area contributed by atoms with Crippen molar-refractivity contribution in [3.05, 3.63) is 40.3 Å². The molecule has 1 aromatic carbocycles. The summed E-state index contributed by atoms with van der Waals surface area (Å²) in [6.45, 7) is 0. The van der Waals surface area contributed by atoms with Gasteiger partial charge in [0.2, 0.25) is 0 Å². The Morgan fingerprint density at radius 1 is 1.21 bits per heavy atom. The van der Waals surface area contributed by atoms with Crippen molar-refractivity contribution in [3.63, 3.8) is 0 Å². The first kappa shape index (κ1) is 8.68. The van der Waals surface area contributed by atoms with Crippen molar-refractivity contribution in [2.75, 3.05) is 0 Å². The van der Waals surface area contributed by atoms with Crippen LogP contribution in [-0.2, 0) is 0 Å². The Bertz CT molecular complexity index is 560. The monoisotopic (exact) mass is 198 g/mol. The van der Waals surface area contributed by atoms with Crippen molar-refractivity contribution in [1.29, 1.82) is 0 Å². The molecule has 1 N–H and O–H groups in total. The predicted molar refractivity (Wildman–Crippen MR) is 44.1 cm³/mol. The maximum absolute atomic E-state index is 13.0. The number of aromatic hydroxyl groups is 1. The first-order chi connectivity index (χ1) is 6.58. The fourth-order valence-corrected chi connectivity index (χ4v) is 1.17. The van der Waals surface area contributed by atoms with E-state index in [9.17, 15) is 18.7 Å². The van der Waals surface area contributed by atoms with E-state index in [-0.39, 0.29) is 5.39 Å². The van der Waals surface area contributed by atoms with Crippen LogP contribution in [0.2, 0.25) is 0 Å². The standard InChI is InChI=1S/C9H4F2O3/c10-4-1-5-7(12)3-8(13)14-9(5)6(11)2-4/h1-3,12H. The van der Waals surface area contributed by atoms with Crippen LogP contribution in [0.1, 0.15) is 0 Å². The van der Waals surface area contributed by atoms with E-state index < -0.39 is 28.6 Å². The second kappa shape index (κ2) is 2.80. The molecule has 2 aromatic rings. The maximum Gasteiger partial charge on any atom is 0.340 e. The molecule has 0 aliphatic rings. The van der Waals surface area contributed by atoms with Crippen LogP contribution >= 0.6 is 0 Å². The highest BCUT2D eigenvalue weighted by atomic mass is 19.1. The molecule has 1 heterocycles. The van der Waals surface area contributed by atoms with Crippen molar-refractivity contribution in [2.45, 2.75) is 0 Å². The Hall–Kier alpha value is -1.91. The van der Waals surface area contributed by atoms with Crippen LogP contribution in [0.25, 0.3) is 11.0 Å². The highest BCUT2D eigenvalue weighted by molar-refractivity contribution is 5.83. The Kier molecular flexibility index (Phi) is 1.73. The molecule has 0 aliphatic heterocycles. The largest absolute Gasteiger partial charge is 0.507 e. The van der Waals surface area contributed by atoms with Crippen LogP contribution in [0.15, 0.2) is 27.4 Å². The van der Waals surface area contributed by atoms with Gasteiger partial charge in [0.25, 0.3) is 0 Å². The molecule has 0 bridgehead atoms. The first-order valence-corrected chi connectivity index (χ1v) is 3.70. The van der Waals surface area contributed by atoms with E-state index in [2.05, 4.69) is 4.42 Å². The van der Waals surface area contributed by atoms with Crippen LogP contribution in [-0.4, -0.2) is 5.11 Å². The van der Waals surface area contributed by atoms with E-state index in [1.165, 1.54) is 0 Å². The molecule has 1 aromatic heterocycles. The van der Waals surface area contributed by atoms with Gasteiger partial charge in [-0.25, -0.2) is 13.6 Å². The first-order valence-electron chi connectivity index (χ1n) is 3.70. The molecule has 0 amide bonds. The molecule has 0 saturated heterocycles. The Morgan fingerprint density at radius 3 is 2.64 bits per heavy atom. The summed E-state index contributed by atoms with van der Waals surface area (Å²) in [7, 11) is 0. The molecule has 0 unspecified atom stereocenters. The van der Waals surface area contributed by atoms with E-state index in [0.29, 0.717) is 6.07 Å². The topological polar surface area (TPSA) is 50.4 Å². The third-order valence-electron chi connectivity index (χ3n) is 1.74. The number of hydrogen-bond acceptors (Lipinski definition) is 3. The van der Waals surface area contributed by atoms with Crippen molar-refractivity contribution in [1.82, 2.24) is 0 Å². The van der Waals surface area contributed by atoms with Gasteiger partial charge in [0.15, 0.2) is 11.4 Å². The fourth-order valence-electron chi connectivity index (χ4n) is 1.17. The van der Waals surface area contributed by atoms with Crippen LogP contribution in [0.3, 0.4) is 0 Å². The average molecular weight is 198 g/mol. The maximum atomic E-state index is 13.0. The number of halogens is 2. The van der Waals surface area contributed by atoms with Gasteiger partial charge < -0.3 is 9.52 Å². The third-order valence-corrected chi connectivity index (χ3v) is 1.74. The lowest BCUT2D eigenvalue weighted by atomic mass is 10.2. The molecule has 0 aliphatic carbocycles. The van der Waals surface area contributed by atoms with Crippen molar-refractivity contribution < 1.29 is 18.3 Å². The van der Waals surface area contributed by atoms with Gasteiger partial charge in [0.05, 0.1) is 11.5 Å². The SMILES string of the molecule is O=c1cc(O)c2cc(F)cc(F)c2o1. The van der Waals surface area contributed by atoms with E-state index >= 15 is 0 Å². The zero-order valence-electron chi connectivity index (χ0n) is 6.75. The molecule has 5 heteroatoms. The second-order valence-corrected chi connectivity index (χ2v) is 2.71. The molecule has 72 valence electrons. The molecule has 0 spiro atoms. The zero-order chi connectivity index (χ0) is 10.3. The minimum Gasteiger partial charge on any atom is -0.507 e. The van der Waals surface area contributed by atoms with Gasteiger partial charge in [-0.05, 0) is 6.07 Å². The highest BCUT2D eigenvalue weighted by Crippen LogP contribution is 2.25. The smallest absolute Gasteiger partial charge is 0.340 e. The summed E-state index contributed by atoms with van der Waals surface area (Å²) in [4.78, 5) is 10.8. The van der Waals surface area contributed by atoms with Crippen molar-refractivity contribution >= 4 is 11.0 Å². The van der Waals surface area contributed by atoms with Gasteiger partial charge in [0, 0.05) is 6.07 Å². The average Bonchev–Trinajstić information content (AvgIpc) is 2.07. The molecule has 0 fully saturated rings. The summed E-state index contributed by atoms with van der Waals surface area (Å²) < 4.78 is 30.2. The minimum absolute atomic E-state index is 0.165. The normalized spacial score (nSPS) is 10.7. The molecular formula is C9H4F2O3. The lowest BCUT2D eigenvalue weighted by Gasteiger charge is -1.99. The molecule has 14 heavy (non-hydrogen) atoms. The van der Waals surface area contributed by atoms with Gasteiger partial charge >= 0.3 is 5.63 Å². The van der Waals surface area contributed by atoms with Gasteiger partial charge in [-0.15, -0.1) is 0 Å². The van der Waals surface area contributed by atoms with Gasteiger partial charge in [-0.2, -0.15) is 0 Å². The van der Waals surface area contributed by atoms with Crippen LogP contribution < -0.4 is 5.63 Å². The summed E-state index contributed by atoms with van der Waals surface area (Å²) in [5.41, 5.74) is -1.34. The van der Waals surface area contributed by atoms with Crippen molar-refractivity contribution in [2.24, 2.45) is 0 Å². The van der Waals surface area contributed by atoms with Crippen LogP contribution in [0.5, 0.6) is 5.75 Å². The second-order valence-electron chi connectivity index (χ2n) is 2.71. The zero-order valence-corrected chi connectivity index (χ0v) is 6.75. The van der Waals surface area contributed by atoms with Gasteiger partial charge in [-0.3, -0.25) is 0 Å². The Morgan fingerprint density at radius 2 is 1.93 bits per heavy atom. The Labute approximate surface area is 76.2 Å². The summed E-state index contributed by atoms with van der Waals surface area (Å²) in [6, 6.07) is 2.21. The lowest BCUT2D eigenvalue weighted by molar-refractivity contribution is 0.461. The number of hydrogen-bond donors (Lipinski definition) is 1. The number of fused-ring (bicyclic) bond motifs is 1. The van der Waals surface area contributed by atoms with E-state index in [1.54, 1.807) is 0 Å². The number of benzene rings is 1. The molecule has 3 nitrogen and oxygen atoms in total.